The molecule has 38 heavy (non-hydrogen) atoms. The molecule has 202 valence electrons. The number of allylic oxidation sites excluding steroid dienone is 2. The average Bonchev–Trinajstić information content (AvgIpc) is 2.87. The van der Waals surface area contributed by atoms with Crippen LogP contribution in [-0.2, 0) is 21.6 Å². The second kappa shape index (κ2) is 12.8. The van der Waals surface area contributed by atoms with E-state index in [4.69, 9.17) is 14.2 Å². The lowest BCUT2D eigenvalue weighted by Gasteiger charge is -2.24. The van der Waals surface area contributed by atoms with Gasteiger partial charge in [0, 0.05) is 11.5 Å². The molecular weight excluding hydrogens is 479 g/mol. The molecule has 3 rings (SSSR count). The SMILES string of the molecule is C/C=C/[C@H](CC(=O)OCC)c1ccc(OCc2ccc(C(C)(C)C)c(-c3cc(OC)ccc3F)c2)cc1C. The minimum atomic E-state index is -0.293. The van der Waals surface area contributed by atoms with Crippen LogP contribution in [0.5, 0.6) is 11.5 Å². The monoisotopic (exact) mass is 518 g/mol. The summed E-state index contributed by atoms with van der Waals surface area (Å²) in [5.74, 6) is 0.781. The molecule has 0 saturated heterocycles. The van der Waals surface area contributed by atoms with Crippen molar-refractivity contribution in [2.75, 3.05) is 13.7 Å². The van der Waals surface area contributed by atoms with Crippen molar-refractivity contribution in [2.45, 2.75) is 65.9 Å². The van der Waals surface area contributed by atoms with Crippen LogP contribution < -0.4 is 9.47 Å². The molecule has 0 aromatic heterocycles. The van der Waals surface area contributed by atoms with Crippen LogP contribution in [0.1, 0.15) is 69.2 Å². The fraction of sp³-hybridized carbons (Fsp3) is 0.364. The van der Waals surface area contributed by atoms with Crippen LogP contribution in [0.15, 0.2) is 66.7 Å². The number of aryl methyl sites for hydroxylation is 1. The summed E-state index contributed by atoms with van der Waals surface area (Å²) in [4.78, 5) is 12.1. The van der Waals surface area contributed by atoms with Crippen LogP contribution in [0.3, 0.4) is 0 Å². The predicted octanol–water partition coefficient (Wildman–Crippen LogP) is 8.30. The van der Waals surface area contributed by atoms with Gasteiger partial charge in [0.1, 0.15) is 23.9 Å². The van der Waals surface area contributed by atoms with Crippen molar-refractivity contribution in [3.63, 3.8) is 0 Å². The molecule has 0 radical (unpaired) electrons. The highest BCUT2D eigenvalue weighted by Gasteiger charge is 2.22. The van der Waals surface area contributed by atoms with E-state index in [0.717, 1.165) is 33.6 Å². The second-order valence-electron chi connectivity index (χ2n) is 10.4. The summed E-state index contributed by atoms with van der Waals surface area (Å²) in [6, 6.07) is 16.8. The van der Waals surface area contributed by atoms with E-state index in [2.05, 4.69) is 26.8 Å². The summed E-state index contributed by atoms with van der Waals surface area (Å²) in [6.45, 7) is 12.8. The van der Waals surface area contributed by atoms with Crippen molar-refractivity contribution < 1.29 is 23.4 Å². The number of methoxy groups -OCH3 is 1. The molecule has 3 aromatic carbocycles. The fourth-order valence-electron chi connectivity index (χ4n) is 4.63. The molecule has 0 bridgehead atoms. The van der Waals surface area contributed by atoms with E-state index in [1.165, 1.54) is 6.07 Å². The molecule has 0 unspecified atom stereocenters. The second-order valence-corrected chi connectivity index (χ2v) is 10.4. The highest BCUT2D eigenvalue weighted by Crippen LogP contribution is 2.37. The highest BCUT2D eigenvalue weighted by molar-refractivity contribution is 5.72. The standard InChI is InChI=1S/C33H39FO4/c1-8-10-24(19-32(35)37-9-2)27-14-12-26(17-22(27)3)38-21-23-11-15-30(33(4,5)6)28(18-23)29-20-25(36-7)13-16-31(29)34/h8,10-18,20,24H,9,19,21H2,1-7H3/b10-8+/t24-/m1/s1. The Kier molecular flexibility index (Phi) is 9.73. The molecule has 1 atom stereocenters. The van der Waals surface area contributed by atoms with Crippen molar-refractivity contribution >= 4 is 5.97 Å². The third kappa shape index (κ3) is 7.25. The van der Waals surface area contributed by atoms with Gasteiger partial charge >= 0.3 is 5.97 Å². The molecule has 0 saturated carbocycles. The molecule has 3 aromatic rings. The normalized spacial score (nSPS) is 12.4. The molecule has 0 spiro atoms. The zero-order valence-corrected chi connectivity index (χ0v) is 23.6. The Morgan fingerprint density at radius 2 is 1.74 bits per heavy atom. The predicted molar refractivity (Wildman–Crippen MR) is 151 cm³/mol. The highest BCUT2D eigenvalue weighted by atomic mass is 19.1. The summed E-state index contributed by atoms with van der Waals surface area (Å²) in [7, 11) is 1.58. The minimum absolute atomic E-state index is 0.0571. The van der Waals surface area contributed by atoms with Crippen LogP contribution in [-0.4, -0.2) is 19.7 Å². The molecule has 0 heterocycles. The number of esters is 1. The maximum atomic E-state index is 14.9. The van der Waals surface area contributed by atoms with Gasteiger partial charge in [-0.2, -0.15) is 0 Å². The molecule has 0 aliphatic heterocycles. The van der Waals surface area contributed by atoms with Crippen molar-refractivity contribution in [2.24, 2.45) is 0 Å². The first kappa shape index (κ1) is 29.0. The number of benzene rings is 3. The average molecular weight is 519 g/mol. The Labute approximate surface area is 226 Å². The summed E-state index contributed by atoms with van der Waals surface area (Å²) in [6.07, 6.45) is 4.27. The Bertz CT molecular complexity index is 1290. The Morgan fingerprint density at radius 3 is 2.37 bits per heavy atom. The molecule has 5 heteroatoms. The van der Waals surface area contributed by atoms with E-state index in [9.17, 15) is 9.18 Å². The lowest BCUT2D eigenvalue weighted by atomic mass is 9.81. The minimum Gasteiger partial charge on any atom is -0.497 e. The number of halogens is 1. The molecular formula is C33H39FO4. The van der Waals surface area contributed by atoms with Crippen molar-refractivity contribution in [1.82, 2.24) is 0 Å². The Morgan fingerprint density at radius 1 is 1.00 bits per heavy atom. The van der Waals surface area contributed by atoms with Gasteiger partial charge in [-0.15, -0.1) is 0 Å². The summed E-state index contributed by atoms with van der Waals surface area (Å²) >= 11 is 0. The maximum absolute atomic E-state index is 14.9. The number of ether oxygens (including phenoxy) is 3. The van der Waals surface area contributed by atoms with E-state index >= 15 is 0 Å². The van der Waals surface area contributed by atoms with Gasteiger partial charge in [-0.3, -0.25) is 4.79 Å². The van der Waals surface area contributed by atoms with Gasteiger partial charge in [0.25, 0.3) is 0 Å². The molecule has 4 nitrogen and oxygen atoms in total. The van der Waals surface area contributed by atoms with Crippen LogP contribution in [0.4, 0.5) is 4.39 Å². The largest absolute Gasteiger partial charge is 0.497 e. The number of hydrogen-bond acceptors (Lipinski definition) is 4. The van der Waals surface area contributed by atoms with E-state index in [-0.39, 0.29) is 23.1 Å². The van der Waals surface area contributed by atoms with Gasteiger partial charge in [0.2, 0.25) is 0 Å². The lowest BCUT2D eigenvalue weighted by molar-refractivity contribution is -0.143. The van der Waals surface area contributed by atoms with Gasteiger partial charge in [-0.05, 0) is 90.4 Å². The van der Waals surface area contributed by atoms with Gasteiger partial charge in [0.15, 0.2) is 0 Å². The van der Waals surface area contributed by atoms with Gasteiger partial charge in [-0.25, -0.2) is 4.39 Å². The summed E-state index contributed by atoms with van der Waals surface area (Å²) in [5.41, 5.74) is 5.24. The third-order valence-electron chi connectivity index (χ3n) is 6.52. The van der Waals surface area contributed by atoms with E-state index in [0.29, 0.717) is 30.9 Å². The first-order chi connectivity index (χ1) is 18.1. The molecule has 0 fully saturated rings. The molecule has 0 N–H and O–H groups in total. The maximum Gasteiger partial charge on any atom is 0.306 e. The first-order valence-corrected chi connectivity index (χ1v) is 13.1. The molecule has 0 aliphatic carbocycles. The van der Waals surface area contributed by atoms with Crippen molar-refractivity contribution in [1.29, 1.82) is 0 Å². The molecule has 0 aliphatic rings. The van der Waals surface area contributed by atoms with Gasteiger partial charge < -0.3 is 14.2 Å². The topological polar surface area (TPSA) is 44.8 Å². The van der Waals surface area contributed by atoms with E-state index in [1.54, 1.807) is 19.2 Å². The number of carbonyl (C=O) groups is 1. The number of carbonyl (C=O) groups excluding carboxylic acids is 1. The van der Waals surface area contributed by atoms with Crippen molar-refractivity contribution in [3.8, 4) is 22.6 Å². The van der Waals surface area contributed by atoms with Gasteiger partial charge in [-0.1, -0.05) is 51.1 Å². The van der Waals surface area contributed by atoms with E-state index in [1.807, 2.05) is 63.3 Å². The first-order valence-electron chi connectivity index (χ1n) is 13.1. The lowest BCUT2D eigenvalue weighted by Crippen LogP contribution is -2.13. The number of hydrogen-bond donors (Lipinski definition) is 0. The van der Waals surface area contributed by atoms with E-state index < -0.39 is 0 Å². The van der Waals surface area contributed by atoms with Crippen LogP contribution in [0.25, 0.3) is 11.1 Å². The fourth-order valence-corrected chi connectivity index (χ4v) is 4.63. The quantitative estimate of drug-likeness (QED) is 0.200. The van der Waals surface area contributed by atoms with Crippen LogP contribution >= 0.6 is 0 Å². The zero-order valence-electron chi connectivity index (χ0n) is 23.6. The Balaban J connectivity index is 1.86. The summed E-state index contributed by atoms with van der Waals surface area (Å²) < 4.78 is 31.6. The zero-order chi connectivity index (χ0) is 27.9. The Hall–Kier alpha value is -3.60. The van der Waals surface area contributed by atoms with Gasteiger partial charge in [0.05, 0.1) is 20.1 Å². The van der Waals surface area contributed by atoms with Crippen LogP contribution in [0.2, 0.25) is 0 Å². The molecule has 0 amide bonds. The third-order valence-corrected chi connectivity index (χ3v) is 6.52. The smallest absolute Gasteiger partial charge is 0.306 e. The summed E-state index contributed by atoms with van der Waals surface area (Å²) in [5, 5.41) is 0. The number of rotatable bonds is 10. The van der Waals surface area contributed by atoms with Crippen molar-refractivity contribution in [3.05, 3.63) is 94.8 Å². The van der Waals surface area contributed by atoms with Crippen LogP contribution in [0, 0.1) is 12.7 Å².